The second-order valence-corrected chi connectivity index (χ2v) is 7.05. The van der Waals surface area contributed by atoms with Crippen LogP contribution in [-0.4, -0.2) is 31.3 Å². The fourth-order valence-electron chi connectivity index (χ4n) is 2.48. The molecule has 1 heterocycles. The van der Waals surface area contributed by atoms with Crippen molar-refractivity contribution in [3.8, 4) is 11.5 Å². The summed E-state index contributed by atoms with van der Waals surface area (Å²) < 4.78 is 1.44. The largest absolute Gasteiger partial charge is 0.504 e. The maximum Gasteiger partial charge on any atom is 0.262 e. The maximum absolute atomic E-state index is 12.7. The number of Topliss-reactive ketones (excluding diaryl/α,β-unsaturated/α-hetero) is 1. The number of hydrogen-bond acceptors (Lipinski definition) is 6. The molecule has 0 saturated heterocycles. The number of aromatic hydroxyl groups is 2. The highest BCUT2D eigenvalue weighted by atomic mass is 35.5. The predicted octanol–water partition coefficient (Wildman–Crippen LogP) is 3.62. The molecule has 0 aliphatic carbocycles. The topological polar surface area (TPSA) is 92.4 Å². The zero-order valence-corrected chi connectivity index (χ0v) is 15.6. The van der Waals surface area contributed by atoms with Crippen molar-refractivity contribution in [3.63, 3.8) is 0 Å². The van der Waals surface area contributed by atoms with Gasteiger partial charge in [-0.05, 0) is 36.4 Å². The minimum absolute atomic E-state index is 0.000128. The van der Waals surface area contributed by atoms with E-state index in [1.807, 2.05) is 0 Å². The minimum Gasteiger partial charge on any atom is -0.504 e. The Morgan fingerprint density at radius 3 is 2.70 bits per heavy atom. The molecule has 2 aromatic carbocycles. The van der Waals surface area contributed by atoms with Crippen molar-refractivity contribution in [1.82, 2.24) is 9.55 Å². The van der Waals surface area contributed by atoms with Gasteiger partial charge >= 0.3 is 0 Å². The number of aromatic nitrogens is 2. The van der Waals surface area contributed by atoms with Gasteiger partial charge in [0.1, 0.15) is 0 Å². The van der Waals surface area contributed by atoms with Crippen molar-refractivity contribution < 1.29 is 15.0 Å². The molecule has 0 aliphatic heterocycles. The maximum atomic E-state index is 12.7. The van der Waals surface area contributed by atoms with Crippen LogP contribution in [0.15, 0.2) is 59.0 Å². The number of ketones is 1. The molecule has 138 valence electrons. The smallest absolute Gasteiger partial charge is 0.262 e. The van der Waals surface area contributed by atoms with Gasteiger partial charge in [0.2, 0.25) is 0 Å². The molecule has 0 saturated carbocycles. The standard InChI is InChI=1S/C19H15ClN2O4S/c1-2-7-22-18(26)13-5-4-12(20)9-14(13)21-19(22)27-10-17(25)11-3-6-15(23)16(24)8-11/h2-6,8-9,23-24H,1,7,10H2. The van der Waals surface area contributed by atoms with Gasteiger partial charge in [0.15, 0.2) is 22.4 Å². The molecule has 1 aromatic heterocycles. The van der Waals surface area contributed by atoms with Gasteiger partial charge in [-0.2, -0.15) is 0 Å². The van der Waals surface area contributed by atoms with Crippen molar-refractivity contribution >= 4 is 40.0 Å². The van der Waals surface area contributed by atoms with Gasteiger partial charge < -0.3 is 10.2 Å². The minimum atomic E-state index is -0.368. The molecule has 3 aromatic rings. The molecule has 0 unspecified atom stereocenters. The number of allylic oxidation sites excluding steroid dienone is 1. The first-order chi connectivity index (χ1) is 12.9. The number of nitrogens with zero attached hydrogens (tertiary/aromatic N) is 2. The Hall–Kier alpha value is -2.77. The molecule has 0 fully saturated rings. The third-order valence-corrected chi connectivity index (χ3v) is 5.04. The SMILES string of the molecule is C=CCn1c(SCC(=O)c2ccc(O)c(O)c2)nc2cc(Cl)ccc2c1=O. The average molecular weight is 403 g/mol. The first-order valence-electron chi connectivity index (χ1n) is 7.89. The van der Waals surface area contributed by atoms with Crippen LogP contribution in [0.4, 0.5) is 0 Å². The fourth-order valence-corrected chi connectivity index (χ4v) is 3.55. The molecule has 0 aliphatic rings. The van der Waals surface area contributed by atoms with E-state index in [-0.39, 0.29) is 40.7 Å². The summed E-state index contributed by atoms with van der Waals surface area (Å²) in [5, 5.41) is 20.1. The van der Waals surface area contributed by atoms with E-state index in [9.17, 15) is 19.8 Å². The molecule has 8 heteroatoms. The third-order valence-electron chi connectivity index (χ3n) is 3.82. The number of thioether (sulfide) groups is 1. The van der Waals surface area contributed by atoms with E-state index in [0.717, 1.165) is 11.8 Å². The van der Waals surface area contributed by atoms with Crippen molar-refractivity contribution in [2.45, 2.75) is 11.7 Å². The van der Waals surface area contributed by atoms with Gasteiger partial charge in [0.25, 0.3) is 5.56 Å². The molecule has 6 nitrogen and oxygen atoms in total. The van der Waals surface area contributed by atoms with Crippen LogP contribution in [0.5, 0.6) is 11.5 Å². The molecule has 27 heavy (non-hydrogen) atoms. The molecule has 0 bridgehead atoms. The number of carbonyl (C=O) groups excluding carboxylic acids is 1. The number of hydrogen-bond donors (Lipinski definition) is 2. The van der Waals surface area contributed by atoms with Crippen molar-refractivity contribution in [3.05, 3.63) is 70.0 Å². The Bertz CT molecular complexity index is 1110. The highest BCUT2D eigenvalue weighted by molar-refractivity contribution is 7.99. The molecule has 0 spiro atoms. The Morgan fingerprint density at radius 2 is 2.00 bits per heavy atom. The lowest BCUT2D eigenvalue weighted by Crippen LogP contribution is -2.23. The summed E-state index contributed by atoms with van der Waals surface area (Å²) in [7, 11) is 0. The Morgan fingerprint density at radius 1 is 1.22 bits per heavy atom. The summed E-state index contributed by atoms with van der Waals surface area (Å²) in [4.78, 5) is 29.6. The van der Waals surface area contributed by atoms with E-state index in [2.05, 4.69) is 11.6 Å². The molecule has 2 N–H and O–H groups in total. The summed E-state index contributed by atoms with van der Waals surface area (Å²) in [5.41, 5.74) is 0.457. The lowest BCUT2D eigenvalue weighted by atomic mass is 10.1. The van der Waals surface area contributed by atoms with Crippen LogP contribution in [0, 0.1) is 0 Å². The van der Waals surface area contributed by atoms with Gasteiger partial charge in [-0.15, -0.1) is 6.58 Å². The van der Waals surface area contributed by atoms with Crippen LogP contribution < -0.4 is 5.56 Å². The van der Waals surface area contributed by atoms with E-state index < -0.39 is 0 Å². The quantitative estimate of drug-likeness (QED) is 0.215. The molecule has 0 amide bonds. The van der Waals surface area contributed by atoms with E-state index >= 15 is 0 Å². The highest BCUT2D eigenvalue weighted by Gasteiger charge is 2.15. The first kappa shape index (κ1) is 19.0. The van der Waals surface area contributed by atoms with Gasteiger partial charge in [-0.25, -0.2) is 4.98 Å². The van der Waals surface area contributed by atoms with Gasteiger partial charge in [-0.1, -0.05) is 29.4 Å². The summed E-state index contributed by atoms with van der Waals surface area (Å²) >= 11 is 7.09. The summed E-state index contributed by atoms with van der Waals surface area (Å²) in [6.07, 6.45) is 1.58. The molecular weight excluding hydrogens is 388 g/mol. The number of phenols is 2. The molecule has 0 radical (unpaired) electrons. The second kappa shape index (κ2) is 7.85. The van der Waals surface area contributed by atoms with Crippen molar-refractivity contribution in [2.24, 2.45) is 0 Å². The molecule has 0 atom stereocenters. The van der Waals surface area contributed by atoms with Crippen LogP contribution in [0.1, 0.15) is 10.4 Å². The third kappa shape index (κ3) is 3.99. The van der Waals surface area contributed by atoms with E-state index in [1.165, 1.54) is 22.8 Å². The van der Waals surface area contributed by atoms with Crippen LogP contribution in [0.2, 0.25) is 5.02 Å². The number of halogens is 1. The Kier molecular flexibility index (Phi) is 5.53. The fraction of sp³-hybridized carbons (Fsp3) is 0.105. The zero-order valence-electron chi connectivity index (χ0n) is 14.1. The second-order valence-electron chi connectivity index (χ2n) is 5.68. The van der Waals surface area contributed by atoms with Crippen LogP contribution in [-0.2, 0) is 6.54 Å². The first-order valence-corrected chi connectivity index (χ1v) is 9.26. The van der Waals surface area contributed by atoms with Crippen molar-refractivity contribution in [1.29, 1.82) is 0 Å². The van der Waals surface area contributed by atoms with E-state index in [4.69, 9.17) is 11.6 Å². The number of fused-ring (bicyclic) bond motifs is 1. The monoisotopic (exact) mass is 402 g/mol. The highest BCUT2D eigenvalue weighted by Crippen LogP contribution is 2.26. The lowest BCUT2D eigenvalue weighted by Gasteiger charge is -2.11. The number of carbonyl (C=O) groups is 1. The number of rotatable bonds is 6. The molecular formula is C19H15ClN2O4S. The van der Waals surface area contributed by atoms with Gasteiger partial charge in [0.05, 0.1) is 16.7 Å². The predicted molar refractivity (Wildman–Crippen MR) is 106 cm³/mol. The average Bonchev–Trinajstić information content (AvgIpc) is 2.64. The number of benzene rings is 2. The zero-order chi connectivity index (χ0) is 19.6. The normalized spacial score (nSPS) is 10.9. The van der Waals surface area contributed by atoms with E-state index in [0.29, 0.717) is 21.1 Å². The Labute approximate surface area is 163 Å². The van der Waals surface area contributed by atoms with Gasteiger partial charge in [0, 0.05) is 17.1 Å². The summed E-state index contributed by atoms with van der Waals surface area (Å²) in [6.45, 7) is 3.91. The van der Waals surface area contributed by atoms with Crippen LogP contribution in [0.25, 0.3) is 10.9 Å². The summed E-state index contributed by atoms with van der Waals surface area (Å²) in [6, 6.07) is 8.70. The number of phenolic OH excluding ortho intramolecular Hbond substituents is 2. The van der Waals surface area contributed by atoms with Crippen molar-refractivity contribution in [2.75, 3.05) is 5.75 Å². The van der Waals surface area contributed by atoms with Gasteiger partial charge in [-0.3, -0.25) is 14.2 Å². The van der Waals surface area contributed by atoms with E-state index in [1.54, 1.807) is 24.3 Å². The molecule has 3 rings (SSSR count). The van der Waals surface area contributed by atoms with Crippen LogP contribution >= 0.6 is 23.4 Å². The van der Waals surface area contributed by atoms with Crippen LogP contribution in [0.3, 0.4) is 0 Å². The lowest BCUT2D eigenvalue weighted by molar-refractivity contribution is 0.102. The summed E-state index contributed by atoms with van der Waals surface area (Å²) in [5.74, 6) is -0.944. The Balaban J connectivity index is 1.94.